The van der Waals surface area contributed by atoms with Gasteiger partial charge in [0, 0.05) is 6.07 Å². The summed E-state index contributed by atoms with van der Waals surface area (Å²) in [6.07, 6.45) is 1.48. The van der Waals surface area contributed by atoms with Gasteiger partial charge in [0.2, 0.25) is 0 Å². The van der Waals surface area contributed by atoms with Crippen LogP contribution < -0.4 is 4.74 Å². The van der Waals surface area contributed by atoms with Crippen LogP contribution in [0.15, 0.2) is 30.9 Å². The first kappa shape index (κ1) is 14.0. The van der Waals surface area contributed by atoms with Crippen molar-refractivity contribution >= 4 is 5.69 Å². The Bertz CT molecular complexity index is 363. The number of hydrogen-bond donors (Lipinski definition) is 1. The summed E-state index contributed by atoms with van der Waals surface area (Å²) in [5.74, 6) is -0.0449. The van der Waals surface area contributed by atoms with E-state index in [9.17, 15) is 15.2 Å². The lowest BCUT2D eigenvalue weighted by molar-refractivity contribution is -0.385. The van der Waals surface area contributed by atoms with Crippen molar-refractivity contribution in [1.82, 2.24) is 0 Å². The molecule has 0 saturated carbocycles. The van der Waals surface area contributed by atoms with E-state index in [0.29, 0.717) is 0 Å². The number of rotatable bonds is 4. The molecule has 0 heterocycles. The zero-order valence-corrected chi connectivity index (χ0v) is 9.34. The molecule has 0 saturated heterocycles. The molecule has 0 aliphatic carbocycles. The van der Waals surface area contributed by atoms with Gasteiger partial charge in [0.25, 0.3) is 5.69 Å². The predicted molar refractivity (Wildman–Crippen MR) is 61.8 cm³/mol. The summed E-state index contributed by atoms with van der Waals surface area (Å²) in [6.45, 7) is 7.61. The second-order valence-corrected chi connectivity index (χ2v) is 2.51. The number of nitrogens with zero attached hydrogens (tertiary/aromatic N) is 1. The summed E-state index contributed by atoms with van der Waals surface area (Å²) in [7, 11) is 0. The van der Waals surface area contributed by atoms with Gasteiger partial charge >= 0.3 is 0 Å². The highest BCUT2D eigenvalue weighted by molar-refractivity contribution is 5.47. The topological polar surface area (TPSA) is 72.6 Å². The highest BCUT2D eigenvalue weighted by atomic mass is 16.6. The lowest BCUT2D eigenvalue weighted by Gasteiger charge is -2.04. The lowest BCUT2D eigenvalue weighted by Crippen LogP contribution is -1.94. The third-order valence-corrected chi connectivity index (χ3v) is 1.51. The molecule has 5 nitrogen and oxygen atoms in total. The van der Waals surface area contributed by atoms with E-state index in [-0.39, 0.29) is 23.8 Å². The molecule has 0 aliphatic rings. The SMILES string of the molecule is C=CCOc1cc([N+](=O)[O-])ccc1O.CC. The standard InChI is InChI=1S/C9H9NO4.C2H6/c1-2-5-14-9-6-7(10(12)13)3-4-8(9)11;1-2/h2-4,6,11H,1,5H2;1-2H3. The number of nitro benzene ring substituents is 1. The van der Waals surface area contributed by atoms with Gasteiger partial charge in [-0.3, -0.25) is 10.1 Å². The third kappa shape index (κ3) is 4.00. The van der Waals surface area contributed by atoms with Crippen molar-refractivity contribution in [3.8, 4) is 11.5 Å². The van der Waals surface area contributed by atoms with Crippen molar-refractivity contribution in [3.05, 3.63) is 41.0 Å². The van der Waals surface area contributed by atoms with Crippen molar-refractivity contribution in [2.24, 2.45) is 0 Å². The molecule has 0 bridgehead atoms. The van der Waals surface area contributed by atoms with Crippen LogP contribution in [-0.4, -0.2) is 16.6 Å². The van der Waals surface area contributed by atoms with Gasteiger partial charge in [-0.15, -0.1) is 0 Å². The molecule has 1 rings (SSSR count). The van der Waals surface area contributed by atoms with Gasteiger partial charge in [0.15, 0.2) is 11.5 Å². The van der Waals surface area contributed by atoms with Crippen LogP contribution in [0.1, 0.15) is 13.8 Å². The number of aromatic hydroxyl groups is 1. The summed E-state index contributed by atoms with van der Waals surface area (Å²) in [5.41, 5.74) is -0.123. The van der Waals surface area contributed by atoms with Gasteiger partial charge in [0.05, 0.1) is 11.0 Å². The Morgan fingerprint density at radius 2 is 2.19 bits per heavy atom. The molecule has 1 aromatic carbocycles. The molecular formula is C11H15NO4. The van der Waals surface area contributed by atoms with Crippen LogP contribution in [0.5, 0.6) is 11.5 Å². The van der Waals surface area contributed by atoms with E-state index in [1.54, 1.807) is 0 Å². The maximum Gasteiger partial charge on any atom is 0.273 e. The van der Waals surface area contributed by atoms with E-state index in [4.69, 9.17) is 4.74 Å². The van der Waals surface area contributed by atoms with Gasteiger partial charge < -0.3 is 9.84 Å². The second-order valence-electron chi connectivity index (χ2n) is 2.51. The van der Waals surface area contributed by atoms with Crippen molar-refractivity contribution < 1.29 is 14.8 Å². The van der Waals surface area contributed by atoms with Gasteiger partial charge in [0.1, 0.15) is 6.61 Å². The van der Waals surface area contributed by atoms with Gasteiger partial charge in [-0.1, -0.05) is 26.5 Å². The Morgan fingerprint density at radius 1 is 1.56 bits per heavy atom. The summed E-state index contributed by atoms with van der Waals surface area (Å²) >= 11 is 0. The molecule has 0 amide bonds. The molecule has 0 atom stereocenters. The number of benzene rings is 1. The summed E-state index contributed by atoms with van der Waals surface area (Å²) in [6, 6.07) is 3.59. The van der Waals surface area contributed by atoms with E-state index >= 15 is 0 Å². The van der Waals surface area contributed by atoms with E-state index in [0.717, 1.165) is 0 Å². The van der Waals surface area contributed by atoms with E-state index in [1.807, 2.05) is 13.8 Å². The third-order valence-electron chi connectivity index (χ3n) is 1.51. The minimum absolute atomic E-state index is 0.0825. The smallest absolute Gasteiger partial charge is 0.273 e. The molecule has 0 aromatic heterocycles. The van der Waals surface area contributed by atoms with Crippen LogP contribution in [0.4, 0.5) is 5.69 Å². The fourth-order valence-electron chi connectivity index (χ4n) is 0.881. The van der Waals surface area contributed by atoms with E-state index in [2.05, 4.69) is 6.58 Å². The minimum Gasteiger partial charge on any atom is -0.504 e. The van der Waals surface area contributed by atoms with Gasteiger partial charge in [-0.2, -0.15) is 0 Å². The Morgan fingerprint density at radius 3 is 2.69 bits per heavy atom. The van der Waals surface area contributed by atoms with Crippen LogP contribution in [0, 0.1) is 10.1 Å². The maximum atomic E-state index is 10.4. The number of phenols is 1. The first-order chi connectivity index (χ1) is 7.65. The fraction of sp³-hybridized carbons (Fsp3) is 0.273. The fourth-order valence-corrected chi connectivity index (χ4v) is 0.881. The Hall–Kier alpha value is -2.04. The molecule has 16 heavy (non-hydrogen) atoms. The number of nitro groups is 1. The predicted octanol–water partition coefficient (Wildman–Crippen LogP) is 2.89. The van der Waals surface area contributed by atoms with Crippen LogP contribution in [0.2, 0.25) is 0 Å². The molecule has 0 unspecified atom stereocenters. The van der Waals surface area contributed by atoms with Crippen LogP contribution in [0.25, 0.3) is 0 Å². The summed E-state index contributed by atoms with van der Waals surface area (Å²) in [5, 5.41) is 19.6. The quantitative estimate of drug-likeness (QED) is 0.485. The molecular weight excluding hydrogens is 210 g/mol. The Balaban J connectivity index is 0.00000106. The number of hydrogen-bond acceptors (Lipinski definition) is 4. The molecule has 5 heteroatoms. The maximum absolute atomic E-state index is 10.4. The number of ether oxygens (including phenoxy) is 1. The molecule has 1 N–H and O–H groups in total. The Labute approximate surface area is 94.1 Å². The molecule has 88 valence electrons. The van der Waals surface area contributed by atoms with Crippen LogP contribution in [0.3, 0.4) is 0 Å². The lowest BCUT2D eigenvalue weighted by atomic mass is 10.3. The molecule has 1 aromatic rings. The van der Waals surface area contributed by atoms with E-state index in [1.165, 1.54) is 24.3 Å². The number of phenolic OH excluding ortho intramolecular Hbond substituents is 1. The monoisotopic (exact) mass is 225 g/mol. The molecule has 0 radical (unpaired) electrons. The van der Waals surface area contributed by atoms with Gasteiger partial charge in [-0.05, 0) is 6.07 Å². The van der Waals surface area contributed by atoms with Gasteiger partial charge in [-0.25, -0.2) is 0 Å². The normalized spacial score (nSPS) is 8.62. The second kappa shape index (κ2) is 7.28. The number of non-ortho nitro benzene ring substituents is 1. The zero-order valence-electron chi connectivity index (χ0n) is 9.34. The average Bonchev–Trinajstić information content (AvgIpc) is 2.30. The Kier molecular flexibility index (Phi) is 6.35. The van der Waals surface area contributed by atoms with Crippen molar-refractivity contribution in [1.29, 1.82) is 0 Å². The highest BCUT2D eigenvalue weighted by Crippen LogP contribution is 2.29. The van der Waals surface area contributed by atoms with Crippen molar-refractivity contribution in [2.75, 3.05) is 6.61 Å². The molecule has 0 fully saturated rings. The van der Waals surface area contributed by atoms with Crippen LogP contribution >= 0.6 is 0 Å². The average molecular weight is 225 g/mol. The summed E-state index contributed by atoms with van der Waals surface area (Å²) in [4.78, 5) is 9.83. The largest absolute Gasteiger partial charge is 0.504 e. The first-order valence-electron chi connectivity index (χ1n) is 4.86. The minimum atomic E-state index is -0.555. The van der Waals surface area contributed by atoms with Crippen LogP contribution in [-0.2, 0) is 0 Å². The zero-order chi connectivity index (χ0) is 12.6. The molecule has 0 spiro atoms. The summed E-state index contributed by atoms with van der Waals surface area (Å²) < 4.78 is 5.00. The molecule has 0 aliphatic heterocycles. The van der Waals surface area contributed by atoms with Crippen molar-refractivity contribution in [2.45, 2.75) is 13.8 Å². The van der Waals surface area contributed by atoms with E-state index < -0.39 is 4.92 Å². The van der Waals surface area contributed by atoms with Crippen molar-refractivity contribution in [3.63, 3.8) is 0 Å². The highest BCUT2D eigenvalue weighted by Gasteiger charge is 2.10. The first-order valence-corrected chi connectivity index (χ1v) is 4.86.